The molecule has 1 unspecified atom stereocenters. The third-order valence-corrected chi connectivity index (χ3v) is 4.33. The first-order valence-corrected chi connectivity index (χ1v) is 7.82. The molecular weight excluding hydrogens is 248 g/mol. The van der Waals surface area contributed by atoms with Crippen molar-refractivity contribution in [1.29, 1.82) is 0 Å². The number of hydrogen-bond donors (Lipinski definition) is 2. The molecule has 3 heteroatoms. The minimum Gasteiger partial charge on any atom is -0.507 e. The van der Waals surface area contributed by atoms with Crippen molar-refractivity contribution in [3.8, 4) is 5.75 Å². The molecule has 1 saturated heterocycles. The van der Waals surface area contributed by atoms with Crippen molar-refractivity contribution < 1.29 is 5.11 Å². The van der Waals surface area contributed by atoms with Gasteiger partial charge in [0.1, 0.15) is 5.75 Å². The topological polar surface area (TPSA) is 35.5 Å². The molecule has 112 valence electrons. The fourth-order valence-corrected chi connectivity index (χ4v) is 3.06. The second-order valence-electron chi connectivity index (χ2n) is 6.15. The number of rotatable bonds is 5. The molecule has 0 aromatic heterocycles. The van der Waals surface area contributed by atoms with Crippen LogP contribution in [0.1, 0.15) is 42.9 Å². The average Bonchev–Trinajstić information content (AvgIpc) is 2.45. The van der Waals surface area contributed by atoms with Crippen LogP contribution in [0.15, 0.2) is 12.1 Å². The summed E-state index contributed by atoms with van der Waals surface area (Å²) in [6.07, 6.45) is 4.09. The summed E-state index contributed by atoms with van der Waals surface area (Å²) in [4.78, 5) is 2.59. The van der Waals surface area contributed by atoms with Gasteiger partial charge >= 0.3 is 0 Å². The number of nitrogens with zero attached hydrogens (tertiary/aromatic N) is 1. The Morgan fingerprint density at radius 3 is 2.35 bits per heavy atom. The van der Waals surface area contributed by atoms with E-state index in [0.29, 0.717) is 11.8 Å². The summed E-state index contributed by atoms with van der Waals surface area (Å²) in [5.74, 6) is 0.426. The normalized spacial score (nSPS) is 18.1. The van der Waals surface area contributed by atoms with E-state index in [0.717, 1.165) is 24.2 Å². The quantitative estimate of drug-likeness (QED) is 0.868. The van der Waals surface area contributed by atoms with Crippen LogP contribution in [0.25, 0.3) is 0 Å². The molecule has 1 aliphatic heterocycles. The van der Waals surface area contributed by atoms with Gasteiger partial charge in [-0.1, -0.05) is 18.6 Å². The molecule has 1 aromatic carbocycles. The number of nitrogens with one attached hydrogen (secondary N) is 1. The molecule has 1 atom stereocenters. The number of aryl methyl sites for hydroxylation is 2. The molecule has 2 rings (SSSR count). The van der Waals surface area contributed by atoms with Gasteiger partial charge in [0.05, 0.1) is 0 Å². The zero-order valence-corrected chi connectivity index (χ0v) is 13.1. The Labute approximate surface area is 123 Å². The molecule has 2 N–H and O–H groups in total. The lowest BCUT2D eigenvalue weighted by molar-refractivity contribution is 0.170. The van der Waals surface area contributed by atoms with Crippen molar-refractivity contribution in [3.05, 3.63) is 28.8 Å². The molecule has 0 bridgehead atoms. The minimum absolute atomic E-state index is 0.426. The third-order valence-electron chi connectivity index (χ3n) is 4.33. The van der Waals surface area contributed by atoms with Crippen molar-refractivity contribution in [2.24, 2.45) is 0 Å². The Morgan fingerprint density at radius 2 is 1.75 bits per heavy atom. The van der Waals surface area contributed by atoms with E-state index >= 15 is 0 Å². The van der Waals surface area contributed by atoms with Crippen LogP contribution >= 0.6 is 0 Å². The first-order valence-electron chi connectivity index (χ1n) is 7.82. The predicted molar refractivity (Wildman–Crippen MR) is 84.2 cm³/mol. The fourth-order valence-electron chi connectivity index (χ4n) is 3.06. The van der Waals surface area contributed by atoms with Crippen molar-refractivity contribution in [2.75, 3.05) is 19.6 Å². The Bertz CT molecular complexity index is 416. The van der Waals surface area contributed by atoms with E-state index in [2.05, 4.69) is 29.3 Å². The highest BCUT2D eigenvalue weighted by Crippen LogP contribution is 2.22. The van der Waals surface area contributed by atoms with Crippen LogP contribution in [-0.2, 0) is 6.54 Å². The van der Waals surface area contributed by atoms with Gasteiger partial charge < -0.3 is 10.4 Å². The van der Waals surface area contributed by atoms with E-state index in [-0.39, 0.29) is 0 Å². The molecule has 0 spiro atoms. The van der Waals surface area contributed by atoms with Crippen LogP contribution in [0, 0.1) is 13.8 Å². The summed E-state index contributed by atoms with van der Waals surface area (Å²) in [6, 6.07) is 4.75. The molecule has 1 aromatic rings. The molecule has 0 amide bonds. The van der Waals surface area contributed by atoms with Crippen molar-refractivity contribution in [1.82, 2.24) is 10.2 Å². The lowest BCUT2D eigenvalue weighted by Gasteiger charge is -2.32. The van der Waals surface area contributed by atoms with E-state index in [4.69, 9.17) is 0 Å². The predicted octanol–water partition coefficient (Wildman–Crippen LogP) is 2.97. The van der Waals surface area contributed by atoms with Gasteiger partial charge in [-0.15, -0.1) is 0 Å². The van der Waals surface area contributed by atoms with Crippen LogP contribution in [0.4, 0.5) is 0 Å². The lowest BCUT2D eigenvalue weighted by Crippen LogP contribution is -2.42. The van der Waals surface area contributed by atoms with Crippen molar-refractivity contribution in [2.45, 2.75) is 52.6 Å². The lowest BCUT2D eigenvalue weighted by atomic mass is 10.1. The molecule has 0 radical (unpaired) electrons. The maximum absolute atomic E-state index is 9.79. The van der Waals surface area contributed by atoms with E-state index in [1.807, 2.05) is 13.8 Å². The van der Waals surface area contributed by atoms with Gasteiger partial charge in [-0.25, -0.2) is 0 Å². The van der Waals surface area contributed by atoms with Crippen molar-refractivity contribution >= 4 is 0 Å². The standard InChI is InChI=1S/C17H28N2O/c1-13-9-16(10-14(2)17(13)20)12-18-11-15(3)19-7-5-4-6-8-19/h9-10,15,18,20H,4-8,11-12H2,1-3H3. The third kappa shape index (κ3) is 3.97. The number of phenolic OH excluding ortho intramolecular Hbond substituents is 1. The van der Waals surface area contributed by atoms with Gasteiger partial charge in [0.25, 0.3) is 0 Å². The van der Waals surface area contributed by atoms with Gasteiger partial charge in [0, 0.05) is 19.1 Å². The van der Waals surface area contributed by atoms with Crippen LogP contribution in [0.5, 0.6) is 5.75 Å². The summed E-state index contributed by atoms with van der Waals surface area (Å²) in [5.41, 5.74) is 3.18. The van der Waals surface area contributed by atoms with E-state index in [1.165, 1.54) is 37.9 Å². The monoisotopic (exact) mass is 276 g/mol. The van der Waals surface area contributed by atoms with Gasteiger partial charge in [-0.2, -0.15) is 0 Å². The first kappa shape index (κ1) is 15.3. The fraction of sp³-hybridized carbons (Fsp3) is 0.647. The number of hydrogen-bond acceptors (Lipinski definition) is 3. The largest absolute Gasteiger partial charge is 0.507 e. The maximum Gasteiger partial charge on any atom is 0.121 e. The Kier molecular flexibility index (Phi) is 5.44. The Morgan fingerprint density at radius 1 is 1.15 bits per heavy atom. The summed E-state index contributed by atoms with van der Waals surface area (Å²) >= 11 is 0. The molecule has 0 saturated carbocycles. The second kappa shape index (κ2) is 7.09. The van der Waals surface area contributed by atoms with Crippen LogP contribution in [-0.4, -0.2) is 35.7 Å². The number of piperidine rings is 1. The van der Waals surface area contributed by atoms with Gasteiger partial charge in [-0.3, -0.25) is 4.90 Å². The van der Waals surface area contributed by atoms with E-state index < -0.39 is 0 Å². The maximum atomic E-state index is 9.79. The zero-order valence-electron chi connectivity index (χ0n) is 13.1. The average molecular weight is 276 g/mol. The van der Waals surface area contributed by atoms with Gasteiger partial charge in [-0.05, 0) is 63.4 Å². The number of likely N-dealkylation sites (tertiary alicyclic amines) is 1. The summed E-state index contributed by atoms with van der Waals surface area (Å²) < 4.78 is 0. The van der Waals surface area contributed by atoms with E-state index in [1.54, 1.807) is 0 Å². The Hall–Kier alpha value is -1.06. The van der Waals surface area contributed by atoms with Crippen LogP contribution < -0.4 is 5.32 Å². The number of benzene rings is 1. The smallest absolute Gasteiger partial charge is 0.121 e. The first-order chi connectivity index (χ1) is 9.58. The molecule has 0 aliphatic carbocycles. The number of aromatic hydroxyl groups is 1. The zero-order chi connectivity index (χ0) is 14.5. The highest BCUT2D eigenvalue weighted by molar-refractivity contribution is 5.42. The minimum atomic E-state index is 0.426. The van der Waals surface area contributed by atoms with Crippen molar-refractivity contribution in [3.63, 3.8) is 0 Å². The summed E-state index contributed by atoms with van der Waals surface area (Å²) in [7, 11) is 0. The number of phenols is 1. The van der Waals surface area contributed by atoms with Gasteiger partial charge in [0.15, 0.2) is 0 Å². The molecule has 1 fully saturated rings. The van der Waals surface area contributed by atoms with Crippen LogP contribution in [0.3, 0.4) is 0 Å². The molecule has 20 heavy (non-hydrogen) atoms. The molecule has 1 aliphatic rings. The molecular formula is C17H28N2O. The van der Waals surface area contributed by atoms with E-state index in [9.17, 15) is 5.11 Å². The highest BCUT2D eigenvalue weighted by Gasteiger charge is 2.15. The highest BCUT2D eigenvalue weighted by atomic mass is 16.3. The summed E-state index contributed by atoms with van der Waals surface area (Å²) in [5, 5.41) is 13.3. The molecule has 3 nitrogen and oxygen atoms in total. The molecule has 1 heterocycles. The van der Waals surface area contributed by atoms with Crippen LogP contribution in [0.2, 0.25) is 0 Å². The second-order valence-corrected chi connectivity index (χ2v) is 6.15. The SMILES string of the molecule is Cc1cc(CNCC(C)N2CCCCC2)cc(C)c1O. The summed E-state index contributed by atoms with van der Waals surface area (Å²) in [6.45, 7) is 10.6. The van der Waals surface area contributed by atoms with Gasteiger partial charge in [0.2, 0.25) is 0 Å². The Balaban J connectivity index is 1.80.